The normalized spacial score (nSPS) is 10.5. The van der Waals surface area contributed by atoms with Crippen LogP contribution >= 0.6 is 0 Å². The second-order valence-electron chi connectivity index (χ2n) is 3.43. The van der Waals surface area contributed by atoms with Gasteiger partial charge in [0.05, 0.1) is 18.9 Å². The SMILES string of the molecule is COCCCOCCOc1cccc(CO)n1. The van der Waals surface area contributed by atoms with Gasteiger partial charge in [0.15, 0.2) is 0 Å². The highest BCUT2D eigenvalue weighted by Gasteiger charge is 1.97. The summed E-state index contributed by atoms with van der Waals surface area (Å²) in [4.78, 5) is 4.09. The van der Waals surface area contributed by atoms with E-state index in [1.54, 1.807) is 25.3 Å². The first kappa shape index (κ1) is 13.9. The van der Waals surface area contributed by atoms with Gasteiger partial charge in [-0.25, -0.2) is 4.98 Å². The molecule has 0 bridgehead atoms. The number of aliphatic hydroxyl groups excluding tert-OH is 1. The predicted molar refractivity (Wildman–Crippen MR) is 63.0 cm³/mol. The molecule has 0 radical (unpaired) electrons. The molecule has 0 saturated carbocycles. The summed E-state index contributed by atoms with van der Waals surface area (Å²) in [7, 11) is 1.67. The Bertz CT molecular complexity index is 306. The third-order valence-corrected chi connectivity index (χ3v) is 2.06. The molecule has 0 aliphatic heterocycles. The highest BCUT2D eigenvalue weighted by Crippen LogP contribution is 2.07. The van der Waals surface area contributed by atoms with Crippen molar-refractivity contribution in [2.75, 3.05) is 33.5 Å². The van der Waals surface area contributed by atoms with Gasteiger partial charge >= 0.3 is 0 Å². The standard InChI is InChI=1S/C12H19NO4/c1-15-6-3-7-16-8-9-17-12-5-2-4-11(10-14)13-12/h2,4-5,14H,3,6-10H2,1H3. The van der Waals surface area contributed by atoms with Gasteiger partial charge in [0.25, 0.3) is 0 Å². The van der Waals surface area contributed by atoms with Crippen LogP contribution < -0.4 is 4.74 Å². The number of aromatic nitrogens is 1. The summed E-state index contributed by atoms with van der Waals surface area (Å²) in [6, 6.07) is 5.30. The van der Waals surface area contributed by atoms with Crippen molar-refractivity contribution >= 4 is 0 Å². The summed E-state index contributed by atoms with van der Waals surface area (Å²) in [5, 5.41) is 8.90. The number of hydrogen-bond donors (Lipinski definition) is 1. The van der Waals surface area contributed by atoms with Crippen LogP contribution in [0, 0.1) is 0 Å². The number of aliphatic hydroxyl groups is 1. The average Bonchev–Trinajstić information content (AvgIpc) is 2.38. The lowest BCUT2D eigenvalue weighted by atomic mass is 10.4. The minimum absolute atomic E-state index is 0.0787. The minimum atomic E-state index is -0.0787. The molecular weight excluding hydrogens is 222 g/mol. The molecule has 5 heteroatoms. The molecule has 0 spiro atoms. The zero-order valence-corrected chi connectivity index (χ0v) is 10.1. The molecule has 0 amide bonds. The summed E-state index contributed by atoms with van der Waals surface area (Å²) in [5.74, 6) is 0.511. The number of pyridine rings is 1. The first-order valence-electron chi connectivity index (χ1n) is 5.63. The molecule has 0 unspecified atom stereocenters. The van der Waals surface area contributed by atoms with Gasteiger partial charge in [-0.2, -0.15) is 0 Å². The van der Waals surface area contributed by atoms with E-state index in [-0.39, 0.29) is 6.61 Å². The third kappa shape index (κ3) is 6.21. The fraction of sp³-hybridized carbons (Fsp3) is 0.583. The highest BCUT2D eigenvalue weighted by atomic mass is 16.5. The maximum atomic E-state index is 8.90. The lowest BCUT2D eigenvalue weighted by molar-refractivity contribution is 0.0794. The quantitative estimate of drug-likeness (QED) is 0.654. The Balaban J connectivity index is 2.09. The van der Waals surface area contributed by atoms with Gasteiger partial charge in [0, 0.05) is 26.4 Å². The molecule has 0 fully saturated rings. The van der Waals surface area contributed by atoms with Crippen LogP contribution in [0.1, 0.15) is 12.1 Å². The van der Waals surface area contributed by atoms with Crippen LogP contribution in [-0.4, -0.2) is 43.6 Å². The van der Waals surface area contributed by atoms with E-state index in [1.165, 1.54) is 0 Å². The first-order valence-corrected chi connectivity index (χ1v) is 5.63. The molecule has 96 valence electrons. The fourth-order valence-electron chi connectivity index (χ4n) is 1.24. The van der Waals surface area contributed by atoms with Gasteiger partial charge in [0.2, 0.25) is 5.88 Å². The van der Waals surface area contributed by atoms with Gasteiger partial charge < -0.3 is 19.3 Å². The van der Waals surface area contributed by atoms with Crippen molar-refractivity contribution in [2.45, 2.75) is 13.0 Å². The molecule has 0 aliphatic carbocycles. The maximum Gasteiger partial charge on any atom is 0.213 e. The van der Waals surface area contributed by atoms with Crippen molar-refractivity contribution < 1.29 is 19.3 Å². The number of rotatable bonds is 9. The maximum absolute atomic E-state index is 8.90. The third-order valence-electron chi connectivity index (χ3n) is 2.06. The van der Waals surface area contributed by atoms with Crippen LogP contribution in [0.15, 0.2) is 18.2 Å². The van der Waals surface area contributed by atoms with Crippen LogP contribution in [0.4, 0.5) is 0 Å². The van der Waals surface area contributed by atoms with E-state index >= 15 is 0 Å². The number of hydrogen-bond acceptors (Lipinski definition) is 5. The van der Waals surface area contributed by atoms with Gasteiger partial charge in [-0.1, -0.05) is 6.07 Å². The van der Waals surface area contributed by atoms with Crippen LogP contribution in [-0.2, 0) is 16.1 Å². The van der Waals surface area contributed by atoms with E-state index in [1.807, 2.05) is 0 Å². The Morgan fingerprint density at radius 2 is 2.06 bits per heavy atom. The molecule has 17 heavy (non-hydrogen) atoms. The molecule has 1 aromatic rings. The molecule has 0 atom stereocenters. The van der Waals surface area contributed by atoms with E-state index in [9.17, 15) is 0 Å². The van der Waals surface area contributed by atoms with E-state index in [0.29, 0.717) is 38.0 Å². The smallest absolute Gasteiger partial charge is 0.213 e. The zero-order valence-electron chi connectivity index (χ0n) is 10.1. The van der Waals surface area contributed by atoms with E-state index in [2.05, 4.69) is 4.98 Å². The Morgan fingerprint density at radius 1 is 1.18 bits per heavy atom. The Morgan fingerprint density at radius 3 is 2.82 bits per heavy atom. The van der Waals surface area contributed by atoms with Crippen molar-refractivity contribution in [3.63, 3.8) is 0 Å². The lowest BCUT2D eigenvalue weighted by Gasteiger charge is -2.07. The fourth-order valence-corrected chi connectivity index (χ4v) is 1.24. The molecule has 0 saturated heterocycles. The van der Waals surface area contributed by atoms with Gasteiger partial charge in [-0.15, -0.1) is 0 Å². The molecular formula is C12H19NO4. The molecule has 1 aromatic heterocycles. The number of methoxy groups -OCH3 is 1. The summed E-state index contributed by atoms with van der Waals surface area (Å²) in [5.41, 5.74) is 0.600. The van der Waals surface area contributed by atoms with Gasteiger partial charge in [0.1, 0.15) is 6.61 Å². The van der Waals surface area contributed by atoms with Crippen LogP contribution in [0.5, 0.6) is 5.88 Å². The van der Waals surface area contributed by atoms with Crippen molar-refractivity contribution in [1.82, 2.24) is 4.98 Å². The number of nitrogens with zero attached hydrogens (tertiary/aromatic N) is 1. The molecule has 1 rings (SSSR count). The van der Waals surface area contributed by atoms with Gasteiger partial charge in [-0.3, -0.25) is 0 Å². The van der Waals surface area contributed by atoms with E-state index in [0.717, 1.165) is 6.42 Å². The van der Waals surface area contributed by atoms with Crippen molar-refractivity contribution in [3.05, 3.63) is 23.9 Å². The molecule has 5 nitrogen and oxygen atoms in total. The number of ether oxygens (including phenoxy) is 3. The second-order valence-corrected chi connectivity index (χ2v) is 3.43. The zero-order chi connectivity index (χ0) is 12.3. The van der Waals surface area contributed by atoms with E-state index < -0.39 is 0 Å². The topological polar surface area (TPSA) is 60.8 Å². The lowest BCUT2D eigenvalue weighted by Crippen LogP contribution is -2.09. The molecule has 0 aliphatic rings. The van der Waals surface area contributed by atoms with Crippen molar-refractivity contribution in [3.8, 4) is 5.88 Å². The summed E-state index contributed by atoms with van der Waals surface area (Å²) >= 11 is 0. The van der Waals surface area contributed by atoms with Crippen molar-refractivity contribution in [2.24, 2.45) is 0 Å². The predicted octanol–water partition coefficient (Wildman–Crippen LogP) is 1.01. The second kappa shape index (κ2) is 8.92. The summed E-state index contributed by atoms with van der Waals surface area (Å²) in [6.07, 6.45) is 0.884. The molecule has 1 N–H and O–H groups in total. The Labute approximate surface area is 101 Å². The largest absolute Gasteiger partial charge is 0.475 e. The average molecular weight is 241 g/mol. The van der Waals surface area contributed by atoms with Crippen LogP contribution in [0.25, 0.3) is 0 Å². The minimum Gasteiger partial charge on any atom is -0.475 e. The van der Waals surface area contributed by atoms with Crippen molar-refractivity contribution in [1.29, 1.82) is 0 Å². The highest BCUT2D eigenvalue weighted by molar-refractivity contribution is 5.15. The summed E-state index contributed by atoms with van der Waals surface area (Å²) < 4.78 is 15.6. The summed E-state index contributed by atoms with van der Waals surface area (Å²) in [6.45, 7) is 2.27. The van der Waals surface area contributed by atoms with Crippen LogP contribution in [0.2, 0.25) is 0 Å². The van der Waals surface area contributed by atoms with E-state index in [4.69, 9.17) is 19.3 Å². The Hall–Kier alpha value is -1.17. The Kier molecular flexibility index (Phi) is 7.29. The molecule has 1 heterocycles. The van der Waals surface area contributed by atoms with Gasteiger partial charge in [-0.05, 0) is 12.5 Å². The molecule has 0 aromatic carbocycles. The first-order chi connectivity index (χ1) is 8.36. The van der Waals surface area contributed by atoms with Crippen LogP contribution in [0.3, 0.4) is 0 Å². The monoisotopic (exact) mass is 241 g/mol.